The standard InChI is InChI=1S/C12H21NO2/c1-9(2)15-8-12-6-10(3)7-13(12)5-4-11(12)14/h9,11,14H,3-8H2,1-2H3/t11-,12-/m0/s1. The molecule has 2 rings (SSSR count). The molecule has 0 aromatic heterocycles. The summed E-state index contributed by atoms with van der Waals surface area (Å²) in [5.41, 5.74) is 1.06. The van der Waals surface area contributed by atoms with E-state index in [2.05, 4.69) is 11.5 Å². The van der Waals surface area contributed by atoms with E-state index in [0.717, 1.165) is 25.9 Å². The van der Waals surface area contributed by atoms with Crippen molar-refractivity contribution >= 4 is 0 Å². The third kappa shape index (κ3) is 1.84. The fraction of sp³-hybridized carbons (Fsp3) is 0.833. The molecule has 3 heteroatoms. The molecule has 2 saturated heterocycles. The van der Waals surface area contributed by atoms with Crippen LogP contribution in [0.4, 0.5) is 0 Å². The summed E-state index contributed by atoms with van der Waals surface area (Å²) in [5, 5.41) is 10.1. The minimum atomic E-state index is -0.254. The number of hydrogen-bond acceptors (Lipinski definition) is 3. The third-order valence-electron chi connectivity index (χ3n) is 3.56. The van der Waals surface area contributed by atoms with Crippen molar-refractivity contribution in [1.29, 1.82) is 0 Å². The first-order valence-corrected chi connectivity index (χ1v) is 5.76. The number of aliphatic hydroxyl groups is 1. The van der Waals surface area contributed by atoms with Gasteiger partial charge in [-0.05, 0) is 26.7 Å². The van der Waals surface area contributed by atoms with Gasteiger partial charge in [-0.2, -0.15) is 0 Å². The monoisotopic (exact) mass is 211 g/mol. The van der Waals surface area contributed by atoms with Gasteiger partial charge in [-0.15, -0.1) is 0 Å². The molecule has 15 heavy (non-hydrogen) atoms. The van der Waals surface area contributed by atoms with Crippen molar-refractivity contribution in [3.63, 3.8) is 0 Å². The molecule has 2 aliphatic rings. The predicted octanol–water partition coefficient (Wildman–Crippen LogP) is 1.18. The Kier molecular flexibility index (Phi) is 2.88. The summed E-state index contributed by atoms with van der Waals surface area (Å²) >= 11 is 0. The highest BCUT2D eigenvalue weighted by Gasteiger charge is 2.52. The fourth-order valence-corrected chi connectivity index (χ4v) is 2.75. The molecule has 0 aromatic carbocycles. The summed E-state index contributed by atoms with van der Waals surface area (Å²) in [7, 11) is 0. The summed E-state index contributed by atoms with van der Waals surface area (Å²) in [5.74, 6) is 0. The molecule has 3 nitrogen and oxygen atoms in total. The van der Waals surface area contributed by atoms with Crippen LogP contribution in [0, 0.1) is 0 Å². The molecule has 0 spiro atoms. The zero-order chi connectivity index (χ0) is 11.1. The van der Waals surface area contributed by atoms with Crippen molar-refractivity contribution in [3.05, 3.63) is 12.2 Å². The van der Waals surface area contributed by atoms with Crippen LogP contribution in [-0.4, -0.2) is 47.4 Å². The van der Waals surface area contributed by atoms with Crippen molar-refractivity contribution in [3.8, 4) is 0 Å². The first-order valence-electron chi connectivity index (χ1n) is 5.76. The number of aliphatic hydroxyl groups excluding tert-OH is 1. The van der Waals surface area contributed by atoms with E-state index in [1.165, 1.54) is 5.57 Å². The van der Waals surface area contributed by atoms with Crippen molar-refractivity contribution in [2.75, 3.05) is 19.7 Å². The van der Waals surface area contributed by atoms with Gasteiger partial charge in [0.15, 0.2) is 0 Å². The van der Waals surface area contributed by atoms with Gasteiger partial charge < -0.3 is 9.84 Å². The van der Waals surface area contributed by atoms with Crippen LogP contribution in [0.2, 0.25) is 0 Å². The Bertz CT molecular complexity index is 264. The van der Waals surface area contributed by atoms with E-state index in [1.807, 2.05) is 13.8 Å². The van der Waals surface area contributed by atoms with Gasteiger partial charge in [-0.25, -0.2) is 0 Å². The number of fused-ring (bicyclic) bond motifs is 1. The predicted molar refractivity (Wildman–Crippen MR) is 59.8 cm³/mol. The molecular weight excluding hydrogens is 190 g/mol. The average Bonchev–Trinajstić information content (AvgIpc) is 2.61. The molecule has 0 unspecified atom stereocenters. The van der Waals surface area contributed by atoms with E-state index in [4.69, 9.17) is 4.74 Å². The average molecular weight is 211 g/mol. The molecular formula is C12H21NO2. The third-order valence-corrected chi connectivity index (χ3v) is 3.56. The maximum atomic E-state index is 10.1. The number of ether oxygens (including phenoxy) is 1. The Labute approximate surface area is 91.7 Å². The summed E-state index contributed by atoms with van der Waals surface area (Å²) in [4.78, 5) is 2.34. The minimum Gasteiger partial charge on any atom is -0.391 e. The Morgan fingerprint density at radius 1 is 1.67 bits per heavy atom. The van der Waals surface area contributed by atoms with Gasteiger partial charge >= 0.3 is 0 Å². The van der Waals surface area contributed by atoms with E-state index < -0.39 is 0 Å². The van der Waals surface area contributed by atoms with Crippen LogP contribution in [0.1, 0.15) is 26.7 Å². The Morgan fingerprint density at radius 2 is 2.40 bits per heavy atom. The second kappa shape index (κ2) is 3.89. The lowest BCUT2D eigenvalue weighted by molar-refractivity contribution is -0.0418. The second-order valence-electron chi connectivity index (χ2n) is 5.12. The van der Waals surface area contributed by atoms with Crippen molar-refractivity contribution < 1.29 is 9.84 Å². The van der Waals surface area contributed by atoms with Crippen molar-refractivity contribution in [1.82, 2.24) is 4.90 Å². The van der Waals surface area contributed by atoms with E-state index >= 15 is 0 Å². The number of rotatable bonds is 3. The molecule has 2 fully saturated rings. The normalized spacial score (nSPS) is 36.5. The summed E-state index contributed by atoms with van der Waals surface area (Å²) in [6.07, 6.45) is 1.73. The maximum absolute atomic E-state index is 10.1. The van der Waals surface area contributed by atoms with Crippen LogP contribution in [-0.2, 0) is 4.74 Å². The molecule has 2 heterocycles. The van der Waals surface area contributed by atoms with Crippen LogP contribution >= 0.6 is 0 Å². The van der Waals surface area contributed by atoms with Gasteiger partial charge in [-0.1, -0.05) is 12.2 Å². The molecule has 2 aliphatic heterocycles. The van der Waals surface area contributed by atoms with E-state index in [9.17, 15) is 5.11 Å². The van der Waals surface area contributed by atoms with Crippen molar-refractivity contribution in [2.24, 2.45) is 0 Å². The first kappa shape index (κ1) is 11.1. The largest absolute Gasteiger partial charge is 0.391 e. The Hall–Kier alpha value is -0.380. The summed E-state index contributed by atoms with van der Waals surface area (Å²) in [6.45, 7) is 10.6. The highest BCUT2D eigenvalue weighted by molar-refractivity contribution is 5.20. The van der Waals surface area contributed by atoms with Gasteiger partial charge in [-0.3, -0.25) is 4.90 Å². The molecule has 0 bridgehead atoms. The number of nitrogens with zero attached hydrogens (tertiary/aromatic N) is 1. The lowest BCUT2D eigenvalue weighted by Gasteiger charge is -2.34. The van der Waals surface area contributed by atoms with E-state index in [0.29, 0.717) is 6.61 Å². The SMILES string of the molecule is C=C1CN2CC[C@H](O)[C@@]2(COC(C)C)C1. The highest BCUT2D eigenvalue weighted by Crippen LogP contribution is 2.41. The zero-order valence-corrected chi connectivity index (χ0v) is 9.70. The lowest BCUT2D eigenvalue weighted by atomic mass is 9.91. The molecule has 86 valence electrons. The molecule has 0 aliphatic carbocycles. The second-order valence-corrected chi connectivity index (χ2v) is 5.12. The molecule has 1 N–H and O–H groups in total. The minimum absolute atomic E-state index is 0.165. The zero-order valence-electron chi connectivity index (χ0n) is 9.70. The van der Waals surface area contributed by atoms with Gasteiger partial charge in [0.1, 0.15) is 0 Å². The van der Waals surface area contributed by atoms with Crippen LogP contribution in [0.3, 0.4) is 0 Å². The summed E-state index contributed by atoms with van der Waals surface area (Å²) in [6, 6.07) is 0. The van der Waals surface area contributed by atoms with Gasteiger partial charge in [0.25, 0.3) is 0 Å². The van der Waals surface area contributed by atoms with Crippen LogP contribution in [0.5, 0.6) is 0 Å². The van der Waals surface area contributed by atoms with E-state index in [-0.39, 0.29) is 17.7 Å². The molecule has 2 atom stereocenters. The molecule has 0 amide bonds. The quantitative estimate of drug-likeness (QED) is 0.711. The molecule has 0 saturated carbocycles. The maximum Gasteiger partial charge on any atom is 0.0761 e. The van der Waals surface area contributed by atoms with Crippen LogP contribution in [0.15, 0.2) is 12.2 Å². The van der Waals surface area contributed by atoms with Gasteiger partial charge in [0, 0.05) is 13.1 Å². The first-order chi connectivity index (χ1) is 7.04. The van der Waals surface area contributed by atoms with E-state index in [1.54, 1.807) is 0 Å². The Morgan fingerprint density at radius 3 is 3.07 bits per heavy atom. The fourth-order valence-electron chi connectivity index (χ4n) is 2.75. The number of hydrogen-bond donors (Lipinski definition) is 1. The molecule has 0 aromatic rings. The topological polar surface area (TPSA) is 32.7 Å². The smallest absolute Gasteiger partial charge is 0.0761 e. The van der Waals surface area contributed by atoms with Gasteiger partial charge in [0.05, 0.1) is 24.4 Å². The van der Waals surface area contributed by atoms with Crippen LogP contribution in [0.25, 0.3) is 0 Å². The molecule has 0 radical (unpaired) electrons. The van der Waals surface area contributed by atoms with Crippen molar-refractivity contribution in [2.45, 2.75) is 44.4 Å². The lowest BCUT2D eigenvalue weighted by Crippen LogP contribution is -2.50. The highest BCUT2D eigenvalue weighted by atomic mass is 16.5. The summed E-state index contributed by atoms with van der Waals surface area (Å²) < 4.78 is 5.71. The van der Waals surface area contributed by atoms with Crippen LogP contribution < -0.4 is 0 Å². The van der Waals surface area contributed by atoms with Gasteiger partial charge in [0.2, 0.25) is 0 Å². The Balaban J connectivity index is 2.10.